The highest BCUT2D eigenvalue weighted by atomic mass is 35.5. The van der Waals surface area contributed by atoms with E-state index in [0.717, 1.165) is 0 Å². The van der Waals surface area contributed by atoms with E-state index < -0.39 is 18.1 Å². The fraction of sp³-hybridized carbons (Fsp3) is 1.00. The summed E-state index contributed by atoms with van der Waals surface area (Å²) in [5.74, 6) is 0. The zero-order valence-corrected chi connectivity index (χ0v) is 9.20. The van der Waals surface area contributed by atoms with Crippen LogP contribution in [0.25, 0.3) is 0 Å². The molecule has 2 fully saturated rings. The number of halogens is 4. The molecular formula is C9H16ClF3N2. The average Bonchev–Trinajstić information content (AvgIpc) is 2.84. The number of nitrogens with zero attached hydrogens (tertiary/aromatic N) is 1. The van der Waals surface area contributed by atoms with Crippen LogP contribution in [0, 0.1) is 0 Å². The quantitative estimate of drug-likeness (QED) is 0.809. The van der Waals surface area contributed by atoms with Gasteiger partial charge in [-0.2, -0.15) is 0 Å². The minimum atomic E-state index is -2.38. The highest BCUT2D eigenvalue weighted by Gasteiger charge is 2.46. The van der Waals surface area contributed by atoms with Gasteiger partial charge in [-0.1, -0.05) is 0 Å². The molecule has 1 atom stereocenters. The maximum Gasteiger partial charge on any atom is 0.255 e. The van der Waals surface area contributed by atoms with Gasteiger partial charge in [0.25, 0.3) is 6.43 Å². The normalized spacial score (nSPS) is 30.0. The second kappa shape index (κ2) is 4.89. The van der Waals surface area contributed by atoms with Crippen molar-refractivity contribution < 1.29 is 13.2 Å². The Labute approximate surface area is 93.6 Å². The second-order valence-corrected chi connectivity index (χ2v) is 4.23. The van der Waals surface area contributed by atoms with Crippen molar-refractivity contribution in [2.75, 3.05) is 26.2 Å². The summed E-state index contributed by atoms with van der Waals surface area (Å²) in [7, 11) is 0. The van der Waals surface area contributed by atoms with E-state index in [2.05, 4.69) is 5.32 Å². The molecule has 0 aromatic carbocycles. The summed E-state index contributed by atoms with van der Waals surface area (Å²) in [6, 6.07) is -0.808. The minimum Gasteiger partial charge on any atom is -0.314 e. The van der Waals surface area contributed by atoms with Gasteiger partial charge in [-0.05, 0) is 12.8 Å². The molecule has 1 saturated carbocycles. The number of alkyl halides is 3. The van der Waals surface area contributed by atoms with Crippen molar-refractivity contribution in [1.82, 2.24) is 10.2 Å². The van der Waals surface area contributed by atoms with Gasteiger partial charge in [0.15, 0.2) is 0 Å². The molecular weight excluding hydrogens is 229 g/mol. The molecule has 0 amide bonds. The summed E-state index contributed by atoms with van der Waals surface area (Å²) in [6.07, 6.45) is -1.31. The van der Waals surface area contributed by atoms with Crippen LogP contribution in [0.1, 0.15) is 12.8 Å². The Bertz CT molecular complexity index is 212. The van der Waals surface area contributed by atoms with Crippen molar-refractivity contribution in [3.63, 3.8) is 0 Å². The summed E-state index contributed by atoms with van der Waals surface area (Å²) in [6.45, 7) is 1.66. The van der Waals surface area contributed by atoms with Crippen molar-refractivity contribution in [2.24, 2.45) is 0 Å². The molecule has 2 nitrogen and oxygen atoms in total. The Morgan fingerprint density at radius 1 is 1.40 bits per heavy atom. The molecule has 0 spiro atoms. The zero-order valence-electron chi connectivity index (χ0n) is 8.39. The van der Waals surface area contributed by atoms with Crippen LogP contribution in [0.15, 0.2) is 0 Å². The lowest BCUT2D eigenvalue weighted by Gasteiger charge is -2.36. The molecule has 1 saturated heterocycles. The first-order chi connectivity index (χ1) is 6.61. The van der Waals surface area contributed by atoms with Crippen molar-refractivity contribution >= 4 is 12.4 Å². The zero-order chi connectivity index (χ0) is 10.2. The fourth-order valence-electron chi connectivity index (χ4n) is 1.87. The number of rotatable bonds is 3. The van der Waals surface area contributed by atoms with E-state index in [-0.39, 0.29) is 25.5 Å². The summed E-state index contributed by atoms with van der Waals surface area (Å²) in [5, 5.41) is 2.91. The Morgan fingerprint density at radius 3 is 2.60 bits per heavy atom. The third-order valence-electron chi connectivity index (χ3n) is 2.97. The predicted molar refractivity (Wildman–Crippen MR) is 54.6 cm³/mol. The Morgan fingerprint density at radius 2 is 2.07 bits per heavy atom. The van der Waals surface area contributed by atoms with E-state index in [9.17, 15) is 13.2 Å². The van der Waals surface area contributed by atoms with Crippen LogP contribution in [-0.4, -0.2) is 49.2 Å². The first-order valence-corrected chi connectivity index (χ1v) is 5.03. The predicted octanol–water partition coefficient (Wildman–Crippen LogP) is 1.45. The van der Waals surface area contributed by atoms with Gasteiger partial charge < -0.3 is 5.32 Å². The topological polar surface area (TPSA) is 15.3 Å². The average molecular weight is 245 g/mol. The van der Waals surface area contributed by atoms with Gasteiger partial charge in [-0.15, -0.1) is 12.4 Å². The van der Waals surface area contributed by atoms with Crippen LogP contribution in [0.4, 0.5) is 13.2 Å². The maximum atomic E-state index is 13.4. The van der Waals surface area contributed by atoms with Crippen LogP contribution in [0.5, 0.6) is 0 Å². The van der Waals surface area contributed by atoms with Crippen molar-refractivity contribution in [3.8, 4) is 0 Å². The van der Waals surface area contributed by atoms with Gasteiger partial charge in [0, 0.05) is 26.2 Å². The molecule has 0 aromatic heterocycles. The SMILES string of the molecule is Cl.FC(F)C1CNCCN1CC1(F)CC1. The third-order valence-corrected chi connectivity index (χ3v) is 2.97. The molecule has 2 aliphatic rings. The number of hydrogen-bond donors (Lipinski definition) is 1. The highest BCUT2D eigenvalue weighted by Crippen LogP contribution is 2.41. The Hall–Kier alpha value is -0.0000000000000000555. The molecule has 90 valence electrons. The van der Waals surface area contributed by atoms with Gasteiger partial charge in [0.1, 0.15) is 5.67 Å². The number of hydrogen-bond acceptors (Lipinski definition) is 2. The van der Waals surface area contributed by atoms with E-state index in [1.54, 1.807) is 4.90 Å². The number of nitrogens with one attached hydrogen (secondary N) is 1. The van der Waals surface area contributed by atoms with Crippen LogP contribution < -0.4 is 5.32 Å². The second-order valence-electron chi connectivity index (χ2n) is 4.23. The Balaban J connectivity index is 0.00000112. The molecule has 0 bridgehead atoms. The molecule has 1 heterocycles. The highest BCUT2D eigenvalue weighted by molar-refractivity contribution is 5.85. The molecule has 2 rings (SSSR count). The van der Waals surface area contributed by atoms with Gasteiger partial charge in [0.2, 0.25) is 0 Å². The van der Waals surface area contributed by atoms with Crippen LogP contribution in [-0.2, 0) is 0 Å². The molecule has 0 aromatic rings. The lowest BCUT2D eigenvalue weighted by molar-refractivity contribution is -0.00103. The largest absolute Gasteiger partial charge is 0.314 e. The van der Waals surface area contributed by atoms with E-state index in [1.807, 2.05) is 0 Å². The van der Waals surface area contributed by atoms with E-state index >= 15 is 0 Å². The van der Waals surface area contributed by atoms with E-state index in [0.29, 0.717) is 25.9 Å². The summed E-state index contributed by atoms with van der Waals surface area (Å²) >= 11 is 0. The smallest absolute Gasteiger partial charge is 0.255 e. The molecule has 6 heteroatoms. The fourth-order valence-corrected chi connectivity index (χ4v) is 1.87. The number of piperazine rings is 1. The molecule has 0 radical (unpaired) electrons. The van der Waals surface area contributed by atoms with Crippen LogP contribution >= 0.6 is 12.4 Å². The van der Waals surface area contributed by atoms with Gasteiger partial charge in [0.05, 0.1) is 6.04 Å². The lowest BCUT2D eigenvalue weighted by atomic mass is 10.1. The molecule has 1 unspecified atom stereocenters. The molecule has 1 aliphatic carbocycles. The van der Waals surface area contributed by atoms with Gasteiger partial charge in [-0.3, -0.25) is 4.90 Å². The lowest BCUT2D eigenvalue weighted by Crippen LogP contribution is -2.56. The summed E-state index contributed by atoms with van der Waals surface area (Å²) in [5.41, 5.74) is -1.16. The summed E-state index contributed by atoms with van der Waals surface area (Å²) in [4.78, 5) is 1.59. The van der Waals surface area contributed by atoms with Gasteiger partial charge >= 0.3 is 0 Å². The van der Waals surface area contributed by atoms with E-state index in [1.165, 1.54) is 0 Å². The third kappa shape index (κ3) is 3.23. The minimum absolute atomic E-state index is 0. The standard InChI is InChI=1S/C9H15F3N2.ClH/c10-8(11)7-5-13-3-4-14(7)6-9(12)1-2-9;/h7-8,13H,1-6H2;1H. The van der Waals surface area contributed by atoms with Crippen LogP contribution in [0.3, 0.4) is 0 Å². The van der Waals surface area contributed by atoms with Crippen molar-refractivity contribution in [3.05, 3.63) is 0 Å². The first kappa shape index (κ1) is 13.1. The van der Waals surface area contributed by atoms with Crippen LogP contribution in [0.2, 0.25) is 0 Å². The first-order valence-electron chi connectivity index (χ1n) is 5.03. The summed E-state index contributed by atoms with van der Waals surface area (Å²) < 4.78 is 38.5. The Kier molecular flexibility index (Phi) is 4.26. The van der Waals surface area contributed by atoms with Gasteiger partial charge in [-0.25, -0.2) is 13.2 Å². The molecule has 1 aliphatic heterocycles. The molecule has 15 heavy (non-hydrogen) atoms. The maximum absolute atomic E-state index is 13.4. The molecule has 1 N–H and O–H groups in total. The monoisotopic (exact) mass is 244 g/mol. The van der Waals surface area contributed by atoms with Crippen molar-refractivity contribution in [2.45, 2.75) is 31.0 Å². The van der Waals surface area contributed by atoms with E-state index in [4.69, 9.17) is 0 Å². The van der Waals surface area contributed by atoms with Crippen molar-refractivity contribution in [1.29, 1.82) is 0 Å².